The van der Waals surface area contributed by atoms with E-state index in [0.29, 0.717) is 0 Å². The van der Waals surface area contributed by atoms with Gasteiger partial charge < -0.3 is 9.59 Å². The Morgan fingerprint density at radius 2 is 1.73 bits per heavy atom. The van der Waals surface area contributed by atoms with Gasteiger partial charge in [0.05, 0.1) is 20.6 Å². The molecule has 2 atom stereocenters. The second kappa shape index (κ2) is 4.77. The van der Waals surface area contributed by atoms with Gasteiger partial charge in [-0.1, -0.05) is 30.3 Å². The Balaban J connectivity index is 2.82. The van der Waals surface area contributed by atoms with Gasteiger partial charge in [0.15, 0.2) is 0 Å². The van der Waals surface area contributed by atoms with Crippen LogP contribution in [0.1, 0.15) is 25.5 Å². The van der Waals surface area contributed by atoms with Gasteiger partial charge in [-0.3, -0.25) is 0 Å². The molecule has 15 heavy (non-hydrogen) atoms. The molecule has 1 aromatic carbocycles. The van der Waals surface area contributed by atoms with Gasteiger partial charge in [0, 0.05) is 0 Å². The monoisotopic (exact) mass is 208 g/mol. The first kappa shape index (κ1) is 12.2. The number of benzene rings is 1. The van der Waals surface area contributed by atoms with E-state index in [1.165, 1.54) is 0 Å². The van der Waals surface area contributed by atoms with Crippen LogP contribution in [0.5, 0.6) is 0 Å². The Kier molecular flexibility index (Phi) is 3.89. The molecule has 0 radical (unpaired) electrons. The summed E-state index contributed by atoms with van der Waals surface area (Å²) in [5, 5.41) is 10.2. The molecule has 1 N–H and O–H groups in total. The van der Waals surface area contributed by atoms with Gasteiger partial charge in [0.25, 0.3) is 0 Å². The highest BCUT2D eigenvalue weighted by atomic mass is 16.3. The first-order chi connectivity index (χ1) is 6.99. The quantitative estimate of drug-likeness (QED) is 0.752. The topological polar surface area (TPSA) is 20.2 Å². The third-order valence-electron chi connectivity index (χ3n) is 3.52. The molecule has 0 aliphatic heterocycles. The maximum absolute atomic E-state index is 10.2. The zero-order valence-corrected chi connectivity index (χ0v) is 10.1. The van der Waals surface area contributed by atoms with Crippen molar-refractivity contribution in [3.63, 3.8) is 0 Å². The van der Waals surface area contributed by atoms with Crippen LogP contribution >= 0.6 is 0 Å². The van der Waals surface area contributed by atoms with E-state index in [9.17, 15) is 5.11 Å². The van der Waals surface area contributed by atoms with Crippen molar-refractivity contribution in [3.8, 4) is 0 Å². The molecule has 0 spiro atoms. The van der Waals surface area contributed by atoms with Crippen LogP contribution in [0.4, 0.5) is 0 Å². The zero-order chi connectivity index (χ0) is 11.5. The average Bonchev–Trinajstić information content (AvgIpc) is 2.28. The summed E-state index contributed by atoms with van der Waals surface area (Å²) in [5.74, 6) is 0. The highest BCUT2D eigenvalue weighted by Crippen LogP contribution is 2.23. The van der Waals surface area contributed by atoms with Crippen molar-refractivity contribution in [2.24, 2.45) is 0 Å². The normalized spacial score (nSPS) is 16.1. The largest absolute Gasteiger partial charge is 0.382 e. The highest BCUT2D eigenvalue weighted by Gasteiger charge is 2.29. The summed E-state index contributed by atoms with van der Waals surface area (Å²) in [4.78, 5) is 0. The molecule has 0 aliphatic rings. The first-order valence-corrected chi connectivity index (χ1v) is 5.54. The molecule has 0 aliphatic carbocycles. The molecule has 0 amide bonds. The lowest BCUT2D eigenvalue weighted by molar-refractivity contribution is -0.915. The van der Waals surface area contributed by atoms with Crippen LogP contribution in [0.25, 0.3) is 0 Å². The standard InChI is InChI=1S/C13H22NO/c1-5-14(3,4)11(2)13(15)12-9-7-6-8-10-12/h6-11,13,15H,5H2,1-4H3/q+1/t11-,13-/m1/s1. The molecule has 84 valence electrons. The van der Waals surface area contributed by atoms with Gasteiger partial charge in [-0.25, -0.2) is 0 Å². The number of likely N-dealkylation sites (N-methyl/N-ethyl adjacent to an activating group) is 1. The first-order valence-electron chi connectivity index (χ1n) is 5.54. The minimum atomic E-state index is -0.388. The van der Waals surface area contributed by atoms with Gasteiger partial charge in [0.1, 0.15) is 12.1 Å². The predicted octanol–water partition coefficient (Wildman–Crippen LogP) is 2.20. The smallest absolute Gasteiger partial charge is 0.130 e. The molecule has 0 bridgehead atoms. The Bertz CT molecular complexity index is 295. The molecule has 1 aromatic rings. The molecular weight excluding hydrogens is 186 g/mol. The van der Waals surface area contributed by atoms with Crippen molar-refractivity contribution in [1.82, 2.24) is 0 Å². The van der Waals surface area contributed by atoms with Crippen LogP contribution in [-0.2, 0) is 0 Å². The van der Waals surface area contributed by atoms with E-state index in [1.807, 2.05) is 30.3 Å². The summed E-state index contributed by atoms with van der Waals surface area (Å²) >= 11 is 0. The number of hydrogen-bond acceptors (Lipinski definition) is 1. The van der Waals surface area contributed by atoms with Crippen LogP contribution in [-0.4, -0.2) is 36.3 Å². The molecule has 0 aromatic heterocycles. The molecular formula is C13H22NO+. The van der Waals surface area contributed by atoms with Crippen LogP contribution in [0, 0.1) is 0 Å². The Morgan fingerprint density at radius 1 is 1.20 bits per heavy atom. The minimum Gasteiger partial charge on any atom is -0.382 e. The van der Waals surface area contributed by atoms with Crippen molar-refractivity contribution in [1.29, 1.82) is 0 Å². The Morgan fingerprint density at radius 3 is 2.20 bits per heavy atom. The maximum Gasteiger partial charge on any atom is 0.130 e. The summed E-state index contributed by atoms with van der Waals surface area (Å²) in [6.45, 7) is 5.26. The Hall–Kier alpha value is -0.860. The molecule has 0 heterocycles. The number of aliphatic hydroxyl groups is 1. The Labute approximate surface area is 92.8 Å². The fraction of sp³-hybridized carbons (Fsp3) is 0.538. The van der Waals surface area contributed by atoms with E-state index in [0.717, 1.165) is 16.6 Å². The minimum absolute atomic E-state index is 0.206. The van der Waals surface area contributed by atoms with Gasteiger partial charge >= 0.3 is 0 Å². The van der Waals surface area contributed by atoms with Crippen molar-refractivity contribution >= 4 is 0 Å². The van der Waals surface area contributed by atoms with Crippen LogP contribution in [0.15, 0.2) is 30.3 Å². The van der Waals surface area contributed by atoms with Gasteiger partial charge in [-0.05, 0) is 19.4 Å². The summed E-state index contributed by atoms with van der Waals surface area (Å²) in [6, 6.07) is 10.1. The predicted molar refractivity (Wildman–Crippen MR) is 63.5 cm³/mol. The van der Waals surface area contributed by atoms with Crippen LogP contribution in [0.3, 0.4) is 0 Å². The van der Waals surface area contributed by atoms with E-state index in [1.54, 1.807) is 0 Å². The molecule has 2 heteroatoms. The fourth-order valence-electron chi connectivity index (χ4n) is 1.60. The second-order valence-electron chi connectivity index (χ2n) is 4.69. The molecule has 0 saturated carbocycles. The lowest BCUT2D eigenvalue weighted by atomic mass is 10.0. The van der Waals surface area contributed by atoms with Gasteiger partial charge in [0.2, 0.25) is 0 Å². The summed E-state index contributed by atoms with van der Waals surface area (Å²) < 4.78 is 0.829. The van der Waals surface area contributed by atoms with Gasteiger partial charge in [-0.2, -0.15) is 0 Å². The van der Waals surface area contributed by atoms with Crippen molar-refractivity contribution in [2.45, 2.75) is 26.0 Å². The third kappa shape index (κ3) is 2.80. The number of aliphatic hydroxyl groups excluding tert-OH is 1. The summed E-state index contributed by atoms with van der Waals surface area (Å²) in [6.07, 6.45) is -0.388. The number of quaternary nitrogens is 1. The zero-order valence-electron chi connectivity index (χ0n) is 10.1. The molecule has 0 fully saturated rings. The van der Waals surface area contributed by atoms with Crippen LogP contribution in [0.2, 0.25) is 0 Å². The maximum atomic E-state index is 10.2. The van der Waals surface area contributed by atoms with Crippen molar-refractivity contribution < 1.29 is 9.59 Å². The highest BCUT2D eigenvalue weighted by molar-refractivity contribution is 5.18. The second-order valence-corrected chi connectivity index (χ2v) is 4.69. The summed E-state index contributed by atoms with van der Waals surface area (Å²) in [5.41, 5.74) is 1.00. The van der Waals surface area contributed by atoms with Crippen LogP contribution < -0.4 is 0 Å². The average molecular weight is 208 g/mol. The summed E-state index contributed by atoms with van der Waals surface area (Å²) in [7, 11) is 4.30. The van der Waals surface area contributed by atoms with Crippen molar-refractivity contribution in [2.75, 3.05) is 20.6 Å². The lowest BCUT2D eigenvalue weighted by Crippen LogP contribution is -2.49. The molecule has 0 unspecified atom stereocenters. The lowest BCUT2D eigenvalue weighted by Gasteiger charge is -2.37. The SMILES string of the molecule is CC[N+](C)(C)[C@H](C)[C@@H](O)c1ccccc1. The molecule has 2 nitrogen and oxygen atoms in total. The van der Waals surface area contributed by atoms with E-state index in [2.05, 4.69) is 27.9 Å². The number of rotatable bonds is 4. The van der Waals surface area contributed by atoms with Crippen molar-refractivity contribution in [3.05, 3.63) is 35.9 Å². The number of hydrogen-bond donors (Lipinski definition) is 1. The van der Waals surface area contributed by atoms with E-state index in [4.69, 9.17) is 0 Å². The van der Waals surface area contributed by atoms with Gasteiger partial charge in [-0.15, -0.1) is 0 Å². The van der Waals surface area contributed by atoms with E-state index < -0.39 is 0 Å². The number of nitrogens with zero attached hydrogens (tertiary/aromatic N) is 1. The fourth-order valence-corrected chi connectivity index (χ4v) is 1.60. The molecule has 1 rings (SSSR count). The van der Waals surface area contributed by atoms with E-state index >= 15 is 0 Å². The third-order valence-corrected chi connectivity index (χ3v) is 3.52. The molecule has 0 saturated heterocycles. The van der Waals surface area contributed by atoms with E-state index in [-0.39, 0.29) is 12.1 Å².